The van der Waals surface area contributed by atoms with Gasteiger partial charge in [-0.1, -0.05) is 18.9 Å². The van der Waals surface area contributed by atoms with Gasteiger partial charge in [-0.15, -0.1) is 0 Å². The zero-order valence-corrected chi connectivity index (χ0v) is 21.3. The van der Waals surface area contributed by atoms with Crippen molar-refractivity contribution in [2.45, 2.75) is 43.8 Å². The molecule has 1 aliphatic heterocycles. The molecule has 8 nitrogen and oxygen atoms in total. The van der Waals surface area contributed by atoms with E-state index in [1.54, 1.807) is 7.11 Å². The number of hydrogen-bond donors (Lipinski definition) is 2. The Bertz CT molecular complexity index is 1230. The van der Waals surface area contributed by atoms with Crippen LogP contribution in [0, 0.1) is 0 Å². The first-order chi connectivity index (χ1) is 17.6. The fraction of sp³-hybridized carbons (Fsp3) is 0.370. The molecule has 1 aliphatic carbocycles. The average molecular weight is 506 g/mol. The van der Waals surface area contributed by atoms with Gasteiger partial charge in [0.15, 0.2) is 5.11 Å². The average Bonchev–Trinajstić information content (AvgIpc) is 3.64. The summed E-state index contributed by atoms with van der Waals surface area (Å²) in [6, 6.07) is 16.2. The third-order valence-electron chi connectivity index (χ3n) is 6.94. The monoisotopic (exact) mass is 505 g/mol. The molecule has 1 saturated heterocycles. The molecule has 0 spiro atoms. The number of methoxy groups -OCH3 is 2. The van der Waals surface area contributed by atoms with Crippen LogP contribution in [0.2, 0.25) is 0 Å². The largest absolute Gasteiger partial charge is 0.495 e. The molecule has 36 heavy (non-hydrogen) atoms. The minimum atomic E-state index is -0.256. The summed E-state index contributed by atoms with van der Waals surface area (Å²) in [5.74, 6) is 0.307. The van der Waals surface area contributed by atoms with Crippen LogP contribution in [0.4, 0.5) is 11.4 Å². The summed E-state index contributed by atoms with van der Waals surface area (Å²) in [4.78, 5) is 19.1. The molecule has 1 amide bonds. The van der Waals surface area contributed by atoms with E-state index >= 15 is 0 Å². The van der Waals surface area contributed by atoms with Crippen molar-refractivity contribution in [3.8, 4) is 5.75 Å². The van der Waals surface area contributed by atoms with E-state index in [0.29, 0.717) is 22.6 Å². The molecule has 5 rings (SSSR count). The maximum Gasteiger partial charge on any atom is 0.250 e. The number of hydrogen-bond acceptors (Lipinski definition) is 5. The molecule has 2 aliphatic rings. The number of ether oxygens (including phenoxy) is 2. The molecule has 3 heterocycles. The van der Waals surface area contributed by atoms with E-state index in [-0.39, 0.29) is 24.6 Å². The second-order valence-electron chi connectivity index (χ2n) is 9.14. The number of benzene rings is 1. The van der Waals surface area contributed by atoms with Gasteiger partial charge < -0.3 is 29.6 Å². The number of carbonyl (C=O) groups excluding carboxylic acids is 1. The Morgan fingerprint density at radius 1 is 1.17 bits per heavy atom. The number of nitrogens with zero attached hydrogens (tertiary/aromatic N) is 3. The minimum Gasteiger partial charge on any atom is -0.495 e. The van der Waals surface area contributed by atoms with Gasteiger partial charge in [0.2, 0.25) is 5.91 Å². The maximum absolute atomic E-state index is 12.3. The molecular weight excluding hydrogens is 474 g/mol. The Labute approximate surface area is 216 Å². The number of anilines is 2. The topological polar surface area (TPSA) is 80.7 Å². The minimum absolute atomic E-state index is 0.0453. The summed E-state index contributed by atoms with van der Waals surface area (Å²) in [6.07, 6.45) is 8.86. The molecule has 1 saturated carbocycles. The smallest absolute Gasteiger partial charge is 0.250 e. The van der Waals surface area contributed by atoms with Crippen LogP contribution in [-0.4, -0.2) is 41.4 Å². The summed E-state index contributed by atoms with van der Waals surface area (Å²) in [5, 5.41) is 7.03. The summed E-state index contributed by atoms with van der Waals surface area (Å²) in [6.45, 7) is -0.0453. The quantitative estimate of drug-likeness (QED) is 0.427. The molecule has 2 N–H and O–H groups in total. The first-order valence-corrected chi connectivity index (χ1v) is 12.7. The molecule has 0 radical (unpaired) electrons. The van der Waals surface area contributed by atoms with Gasteiger partial charge in [-0.25, -0.2) is 0 Å². The Hall–Kier alpha value is -3.43. The van der Waals surface area contributed by atoms with Crippen molar-refractivity contribution in [1.82, 2.24) is 14.9 Å². The van der Waals surface area contributed by atoms with Crippen LogP contribution in [0.3, 0.4) is 0 Å². The molecule has 1 aromatic carbocycles. The standard InChI is InChI=1S/C27H31N5O3S/c1-34-17-24(33)29-21-16-19(12-13-23(21)35-2)32-26(22-11-7-15-31(22)18-8-3-4-9-18)25(30-27(32)36)20-10-5-6-14-28-20/h5-7,10-16,18,25-26H,3-4,8-9,17H2,1-2H3,(H,29,33)(H,30,36)/t25-,26+/m1/s1. The van der Waals surface area contributed by atoms with Crippen LogP contribution in [0.1, 0.15) is 55.2 Å². The fourth-order valence-electron chi connectivity index (χ4n) is 5.37. The normalized spacial score (nSPS) is 19.9. The molecule has 0 unspecified atom stereocenters. The van der Waals surface area contributed by atoms with Crippen LogP contribution in [-0.2, 0) is 9.53 Å². The van der Waals surface area contributed by atoms with E-state index in [1.165, 1.54) is 38.5 Å². The second kappa shape index (κ2) is 10.7. The van der Waals surface area contributed by atoms with Crippen molar-refractivity contribution < 1.29 is 14.3 Å². The van der Waals surface area contributed by atoms with Gasteiger partial charge in [-0.05, 0) is 67.5 Å². The number of rotatable bonds is 8. The molecule has 3 aromatic rings. The second-order valence-corrected chi connectivity index (χ2v) is 9.53. The zero-order chi connectivity index (χ0) is 25.1. The molecule has 9 heteroatoms. The van der Waals surface area contributed by atoms with Crippen LogP contribution >= 0.6 is 12.2 Å². The molecule has 2 aromatic heterocycles. The number of carbonyl (C=O) groups is 1. The maximum atomic E-state index is 12.3. The lowest BCUT2D eigenvalue weighted by atomic mass is 10.00. The highest BCUT2D eigenvalue weighted by Gasteiger charge is 2.42. The lowest BCUT2D eigenvalue weighted by Gasteiger charge is -2.31. The highest BCUT2D eigenvalue weighted by molar-refractivity contribution is 7.80. The van der Waals surface area contributed by atoms with E-state index in [9.17, 15) is 4.79 Å². The first kappa shape index (κ1) is 24.3. The summed E-state index contributed by atoms with van der Waals surface area (Å²) in [5.41, 5.74) is 3.52. The predicted molar refractivity (Wildman–Crippen MR) is 143 cm³/mol. The van der Waals surface area contributed by atoms with Gasteiger partial charge in [0, 0.05) is 36.9 Å². The third-order valence-corrected chi connectivity index (χ3v) is 7.26. The van der Waals surface area contributed by atoms with Gasteiger partial charge >= 0.3 is 0 Å². The highest BCUT2D eigenvalue weighted by atomic mass is 32.1. The Kier molecular flexibility index (Phi) is 7.20. The highest BCUT2D eigenvalue weighted by Crippen LogP contribution is 2.45. The number of aromatic nitrogens is 2. The van der Waals surface area contributed by atoms with Crippen LogP contribution < -0.4 is 20.3 Å². The predicted octanol–water partition coefficient (Wildman–Crippen LogP) is 4.77. The van der Waals surface area contributed by atoms with Gasteiger partial charge in [-0.2, -0.15) is 0 Å². The Balaban J connectivity index is 1.59. The fourth-order valence-corrected chi connectivity index (χ4v) is 5.71. The molecule has 2 atom stereocenters. The van der Waals surface area contributed by atoms with Crippen molar-refractivity contribution in [1.29, 1.82) is 0 Å². The van der Waals surface area contributed by atoms with Crippen LogP contribution in [0.5, 0.6) is 5.75 Å². The summed E-state index contributed by atoms with van der Waals surface area (Å²) < 4.78 is 12.9. The lowest BCUT2D eigenvalue weighted by molar-refractivity contribution is -0.119. The Morgan fingerprint density at radius 2 is 2.00 bits per heavy atom. The van der Waals surface area contributed by atoms with Crippen molar-refractivity contribution in [2.24, 2.45) is 0 Å². The molecular formula is C27H31N5O3S. The summed E-state index contributed by atoms with van der Waals surface area (Å²) >= 11 is 5.90. The number of pyridine rings is 1. The molecule has 188 valence electrons. The van der Waals surface area contributed by atoms with Crippen LogP contribution in [0.25, 0.3) is 0 Å². The summed E-state index contributed by atoms with van der Waals surface area (Å²) in [7, 11) is 3.07. The number of thiocarbonyl (C=S) groups is 1. The first-order valence-electron chi connectivity index (χ1n) is 12.2. The van der Waals surface area contributed by atoms with E-state index in [4.69, 9.17) is 21.7 Å². The van der Waals surface area contributed by atoms with E-state index in [2.05, 4.69) is 43.4 Å². The van der Waals surface area contributed by atoms with Gasteiger partial charge in [0.25, 0.3) is 0 Å². The van der Waals surface area contributed by atoms with E-state index in [1.807, 2.05) is 42.6 Å². The van der Waals surface area contributed by atoms with Crippen molar-refractivity contribution >= 4 is 34.6 Å². The molecule has 0 bridgehead atoms. The van der Waals surface area contributed by atoms with E-state index in [0.717, 1.165) is 11.4 Å². The van der Waals surface area contributed by atoms with Crippen LogP contribution in [0.15, 0.2) is 60.9 Å². The SMILES string of the molecule is COCC(=O)Nc1cc(N2C(=S)N[C@H](c3ccccn3)[C@@H]2c2cccn2C2CCCC2)ccc1OC. The number of nitrogens with one attached hydrogen (secondary N) is 2. The number of amides is 1. The van der Waals surface area contributed by atoms with Gasteiger partial charge in [0.05, 0.1) is 24.5 Å². The van der Waals surface area contributed by atoms with E-state index < -0.39 is 0 Å². The van der Waals surface area contributed by atoms with Gasteiger partial charge in [0.1, 0.15) is 18.4 Å². The third kappa shape index (κ3) is 4.68. The zero-order valence-electron chi connectivity index (χ0n) is 20.5. The van der Waals surface area contributed by atoms with Gasteiger partial charge in [-0.3, -0.25) is 9.78 Å². The Morgan fingerprint density at radius 3 is 2.72 bits per heavy atom. The lowest BCUT2D eigenvalue weighted by Crippen LogP contribution is -2.31. The van der Waals surface area contributed by atoms with Crippen molar-refractivity contribution in [3.05, 3.63) is 72.3 Å². The van der Waals surface area contributed by atoms with Crippen molar-refractivity contribution in [3.63, 3.8) is 0 Å². The molecule has 2 fully saturated rings. The van der Waals surface area contributed by atoms with Crippen molar-refractivity contribution in [2.75, 3.05) is 31.0 Å².